The van der Waals surface area contributed by atoms with Gasteiger partial charge in [0.05, 0.1) is 6.42 Å². The highest BCUT2D eigenvalue weighted by Crippen LogP contribution is 2.53. The number of carbonyl (C=O) groups excluding carboxylic acids is 1. The molecule has 1 aromatic rings. The smallest absolute Gasteiger partial charge is 0.224 e. The fourth-order valence-corrected chi connectivity index (χ4v) is 5.38. The minimum Gasteiger partial charge on any atom is -0.353 e. The maximum Gasteiger partial charge on any atom is 0.224 e. The minimum atomic E-state index is 0.224. The average molecular weight is 283 g/mol. The van der Waals surface area contributed by atoms with Gasteiger partial charge in [0.15, 0.2) is 0 Å². The van der Waals surface area contributed by atoms with Crippen molar-refractivity contribution in [2.24, 2.45) is 23.7 Å². The van der Waals surface area contributed by atoms with Gasteiger partial charge in [-0.2, -0.15) is 0 Å². The van der Waals surface area contributed by atoms with Crippen LogP contribution in [0, 0.1) is 30.6 Å². The van der Waals surface area contributed by atoms with Gasteiger partial charge >= 0.3 is 0 Å². The molecule has 4 saturated carbocycles. The molecule has 0 unspecified atom stereocenters. The van der Waals surface area contributed by atoms with Crippen molar-refractivity contribution < 1.29 is 4.79 Å². The zero-order valence-electron chi connectivity index (χ0n) is 12.8. The topological polar surface area (TPSA) is 29.1 Å². The van der Waals surface area contributed by atoms with E-state index in [1.54, 1.807) is 0 Å². The predicted molar refractivity (Wildman–Crippen MR) is 83.9 cm³/mol. The van der Waals surface area contributed by atoms with E-state index in [-0.39, 0.29) is 5.91 Å². The Bertz CT molecular complexity index is 522. The maximum atomic E-state index is 12.4. The van der Waals surface area contributed by atoms with Gasteiger partial charge in [-0.25, -0.2) is 0 Å². The van der Waals surface area contributed by atoms with Crippen molar-refractivity contribution in [3.05, 3.63) is 35.4 Å². The molecule has 0 spiro atoms. The molecule has 1 amide bonds. The Kier molecular flexibility index (Phi) is 3.28. The van der Waals surface area contributed by atoms with Crippen LogP contribution in [-0.2, 0) is 11.2 Å². The van der Waals surface area contributed by atoms with E-state index in [2.05, 4.69) is 24.4 Å². The molecule has 112 valence electrons. The number of nitrogens with one attached hydrogen (secondary N) is 1. The van der Waals surface area contributed by atoms with E-state index in [4.69, 9.17) is 0 Å². The molecule has 4 aliphatic carbocycles. The van der Waals surface area contributed by atoms with Gasteiger partial charge in [-0.05, 0) is 73.8 Å². The Morgan fingerprint density at radius 1 is 1.05 bits per heavy atom. The molecule has 0 aromatic heterocycles. The average Bonchev–Trinajstić information content (AvgIpc) is 2.44. The first-order valence-electron chi connectivity index (χ1n) is 8.53. The second-order valence-corrected chi connectivity index (χ2v) is 7.63. The van der Waals surface area contributed by atoms with Crippen LogP contribution >= 0.6 is 0 Å². The van der Waals surface area contributed by atoms with Gasteiger partial charge in [0.25, 0.3) is 0 Å². The SMILES string of the molecule is Cc1ccccc1CC(=O)NC1C2CC3CC(C2)CC1C3. The molecule has 4 bridgehead atoms. The van der Waals surface area contributed by atoms with Crippen LogP contribution in [0.3, 0.4) is 0 Å². The molecule has 2 heteroatoms. The summed E-state index contributed by atoms with van der Waals surface area (Å²) in [6, 6.07) is 8.69. The highest BCUT2D eigenvalue weighted by Gasteiger charge is 2.48. The maximum absolute atomic E-state index is 12.4. The van der Waals surface area contributed by atoms with E-state index in [0.717, 1.165) is 23.7 Å². The molecule has 4 aliphatic rings. The third-order valence-electron chi connectivity index (χ3n) is 6.17. The molecule has 2 nitrogen and oxygen atoms in total. The van der Waals surface area contributed by atoms with E-state index in [9.17, 15) is 4.79 Å². The summed E-state index contributed by atoms with van der Waals surface area (Å²) >= 11 is 0. The van der Waals surface area contributed by atoms with E-state index < -0.39 is 0 Å². The number of hydrogen-bond donors (Lipinski definition) is 1. The van der Waals surface area contributed by atoms with Crippen LogP contribution in [0.1, 0.15) is 43.2 Å². The van der Waals surface area contributed by atoms with E-state index >= 15 is 0 Å². The molecule has 0 heterocycles. The number of amides is 1. The summed E-state index contributed by atoms with van der Waals surface area (Å²) < 4.78 is 0. The van der Waals surface area contributed by atoms with Gasteiger partial charge in [-0.1, -0.05) is 24.3 Å². The predicted octanol–water partition coefficient (Wildman–Crippen LogP) is 3.48. The largest absolute Gasteiger partial charge is 0.353 e. The summed E-state index contributed by atoms with van der Waals surface area (Å²) in [6.45, 7) is 2.09. The van der Waals surface area contributed by atoms with Gasteiger partial charge in [0, 0.05) is 6.04 Å². The number of hydrogen-bond acceptors (Lipinski definition) is 1. The quantitative estimate of drug-likeness (QED) is 0.904. The molecule has 5 rings (SSSR count). The second-order valence-electron chi connectivity index (χ2n) is 7.63. The number of benzene rings is 1. The fourth-order valence-electron chi connectivity index (χ4n) is 5.38. The Balaban J connectivity index is 1.42. The Morgan fingerprint density at radius 3 is 2.29 bits per heavy atom. The third kappa shape index (κ3) is 2.49. The number of rotatable bonds is 3. The van der Waals surface area contributed by atoms with Crippen molar-refractivity contribution >= 4 is 5.91 Å². The van der Waals surface area contributed by atoms with Crippen LogP contribution in [0.2, 0.25) is 0 Å². The van der Waals surface area contributed by atoms with Crippen molar-refractivity contribution in [2.75, 3.05) is 0 Å². The third-order valence-corrected chi connectivity index (χ3v) is 6.17. The van der Waals surface area contributed by atoms with Crippen molar-refractivity contribution in [3.63, 3.8) is 0 Å². The standard InChI is InChI=1S/C19H25NO/c1-12-4-2-3-5-15(12)11-18(21)20-19-16-7-13-6-14(9-16)10-17(19)8-13/h2-5,13-14,16-17,19H,6-11H2,1H3,(H,20,21). The molecule has 0 aliphatic heterocycles. The lowest BCUT2D eigenvalue weighted by atomic mass is 9.54. The van der Waals surface area contributed by atoms with Crippen LogP contribution in [0.5, 0.6) is 0 Å². The molecule has 1 aromatic carbocycles. The summed E-state index contributed by atoms with van der Waals surface area (Å²) in [4.78, 5) is 12.4. The molecular formula is C19H25NO. The fraction of sp³-hybridized carbons (Fsp3) is 0.632. The van der Waals surface area contributed by atoms with Crippen LogP contribution in [0.15, 0.2) is 24.3 Å². The van der Waals surface area contributed by atoms with Gasteiger partial charge in [-0.15, -0.1) is 0 Å². The van der Waals surface area contributed by atoms with E-state index in [0.29, 0.717) is 12.5 Å². The highest BCUT2D eigenvalue weighted by atomic mass is 16.1. The van der Waals surface area contributed by atoms with Gasteiger partial charge in [0.1, 0.15) is 0 Å². The van der Waals surface area contributed by atoms with Crippen molar-refractivity contribution in [3.8, 4) is 0 Å². The Hall–Kier alpha value is -1.31. The molecule has 0 saturated heterocycles. The molecule has 1 N–H and O–H groups in total. The zero-order chi connectivity index (χ0) is 14.4. The lowest BCUT2D eigenvalue weighted by Crippen LogP contribution is -2.56. The van der Waals surface area contributed by atoms with Crippen molar-refractivity contribution in [1.82, 2.24) is 5.32 Å². The summed E-state index contributed by atoms with van der Waals surface area (Å²) in [6.07, 6.45) is 7.46. The summed E-state index contributed by atoms with van der Waals surface area (Å²) in [5, 5.41) is 3.40. The van der Waals surface area contributed by atoms with Gasteiger partial charge in [0.2, 0.25) is 5.91 Å². The normalized spacial score (nSPS) is 36.7. The molecular weight excluding hydrogens is 258 g/mol. The molecule has 21 heavy (non-hydrogen) atoms. The summed E-state index contributed by atoms with van der Waals surface area (Å²) in [5.74, 6) is 3.69. The highest BCUT2D eigenvalue weighted by molar-refractivity contribution is 5.79. The monoisotopic (exact) mass is 283 g/mol. The van der Waals surface area contributed by atoms with Crippen molar-refractivity contribution in [2.45, 2.75) is 51.5 Å². The second kappa shape index (κ2) is 5.15. The molecule has 4 fully saturated rings. The Morgan fingerprint density at radius 2 is 1.67 bits per heavy atom. The first-order valence-corrected chi connectivity index (χ1v) is 8.53. The van der Waals surface area contributed by atoms with Crippen LogP contribution < -0.4 is 5.32 Å². The van der Waals surface area contributed by atoms with Crippen LogP contribution in [-0.4, -0.2) is 11.9 Å². The first-order chi connectivity index (χ1) is 10.2. The molecule has 0 radical (unpaired) electrons. The van der Waals surface area contributed by atoms with Crippen molar-refractivity contribution in [1.29, 1.82) is 0 Å². The van der Waals surface area contributed by atoms with E-state index in [1.807, 2.05) is 12.1 Å². The van der Waals surface area contributed by atoms with Crippen LogP contribution in [0.4, 0.5) is 0 Å². The number of aryl methyl sites for hydroxylation is 1. The summed E-state index contributed by atoms with van der Waals surface area (Å²) in [7, 11) is 0. The van der Waals surface area contributed by atoms with E-state index in [1.165, 1.54) is 43.2 Å². The lowest BCUT2D eigenvalue weighted by molar-refractivity contribution is -0.124. The number of carbonyl (C=O) groups is 1. The Labute approximate surface area is 127 Å². The lowest BCUT2D eigenvalue weighted by Gasteiger charge is -2.54. The van der Waals surface area contributed by atoms with Gasteiger partial charge in [-0.3, -0.25) is 4.79 Å². The molecule has 0 atom stereocenters. The zero-order valence-corrected chi connectivity index (χ0v) is 12.8. The minimum absolute atomic E-state index is 0.224. The van der Waals surface area contributed by atoms with Gasteiger partial charge < -0.3 is 5.32 Å². The first kappa shape index (κ1) is 13.4. The van der Waals surface area contributed by atoms with Crippen LogP contribution in [0.25, 0.3) is 0 Å². The summed E-state index contributed by atoms with van der Waals surface area (Å²) in [5.41, 5.74) is 2.39.